The average molecular weight is 294 g/mol. The topological polar surface area (TPSA) is 101 Å². The zero-order chi connectivity index (χ0) is 12.5. The number of rotatable bonds is 3. The molecule has 1 aromatic carbocycles. The Morgan fingerprint density at radius 2 is 2.12 bits per heavy atom. The summed E-state index contributed by atoms with van der Waals surface area (Å²) in [4.78, 5) is 20.2. The van der Waals surface area contributed by atoms with E-state index >= 15 is 0 Å². The molecule has 1 atom stereocenters. The van der Waals surface area contributed by atoms with Gasteiger partial charge in [0, 0.05) is 6.07 Å². The molecule has 0 aliphatic carbocycles. The Hall–Kier alpha value is -1.54. The number of carboxylic acids is 1. The van der Waals surface area contributed by atoms with E-state index in [9.17, 15) is 24.4 Å². The predicted molar refractivity (Wildman–Crippen MR) is 53.4 cm³/mol. The summed E-state index contributed by atoms with van der Waals surface area (Å²) in [5.41, 5.74) is -1.28. The molecule has 0 radical (unpaired) electrons. The Kier molecular flexibility index (Phi) is 3.55. The summed E-state index contributed by atoms with van der Waals surface area (Å²) in [5, 5.41) is 28.3. The minimum absolute atomic E-state index is 0.434. The van der Waals surface area contributed by atoms with Crippen molar-refractivity contribution >= 4 is 27.6 Å². The largest absolute Gasteiger partial charge is 0.479 e. The lowest BCUT2D eigenvalue weighted by molar-refractivity contribution is -0.386. The number of aliphatic hydroxyl groups excluding tert-OH is 1. The van der Waals surface area contributed by atoms with E-state index in [0.29, 0.717) is 0 Å². The second-order valence-electron chi connectivity index (χ2n) is 2.79. The van der Waals surface area contributed by atoms with Gasteiger partial charge < -0.3 is 10.2 Å². The number of benzene rings is 1. The van der Waals surface area contributed by atoms with Crippen LogP contribution in [-0.2, 0) is 4.79 Å². The van der Waals surface area contributed by atoms with Gasteiger partial charge in [-0.2, -0.15) is 0 Å². The number of aliphatic carboxylic acids is 1. The summed E-state index contributed by atoms with van der Waals surface area (Å²) in [5.74, 6) is -2.59. The Balaban J connectivity index is 3.49. The number of hydrogen-bond acceptors (Lipinski definition) is 4. The summed E-state index contributed by atoms with van der Waals surface area (Å²) in [6, 6.07) is 1.60. The molecule has 0 aliphatic rings. The Morgan fingerprint density at radius 3 is 2.56 bits per heavy atom. The van der Waals surface area contributed by atoms with Crippen LogP contribution in [0.5, 0.6) is 0 Å². The molecule has 0 amide bonds. The number of carboxylic acid groups (broad SMARTS) is 1. The Labute approximate surface area is 96.6 Å². The molecule has 6 nitrogen and oxygen atoms in total. The van der Waals surface area contributed by atoms with Crippen LogP contribution in [0, 0.1) is 15.9 Å². The van der Waals surface area contributed by atoms with Crippen LogP contribution in [0.2, 0.25) is 0 Å². The maximum absolute atomic E-state index is 13.1. The predicted octanol–water partition coefficient (Wildman–Crippen LogP) is 1.61. The summed E-state index contributed by atoms with van der Waals surface area (Å²) >= 11 is 2.67. The summed E-state index contributed by atoms with van der Waals surface area (Å²) in [6.07, 6.45) is -2.16. The molecule has 1 unspecified atom stereocenters. The van der Waals surface area contributed by atoms with Crippen LogP contribution in [0.4, 0.5) is 10.1 Å². The lowest BCUT2D eigenvalue weighted by Crippen LogP contribution is -2.13. The highest BCUT2D eigenvalue weighted by Gasteiger charge is 2.30. The van der Waals surface area contributed by atoms with Crippen LogP contribution < -0.4 is 0 Å². The first-order valence-corrected chi connectivity index (χ1v) is 4.68. The summed E-state index contributed by atoms with van der Waals surface area (Å²) in [7, 11) is 0. The second kappa shape index (κ2) is 4.54. The van der Waals surface area contributed by atoms with E-state index < -0.39 is 38.5 Å². The molecule has 0 fully saturated rings. The fourth-order valence-corrected chi connectivity index (χ4v) is 1.65. The molecule has 0 saturated heterocycles. The third-order valence-corrected chi connectivity index (χ3v) is 2.62. The van der Waals surface area contributed by atoms with Crippen molar-refractivity contribution < 1.29 is 24.3 Å². The van der Waals surface area contributed by atoms with Crippen molar-refractivity contribution in [3.8, 4) is 0 Å². The zero-order valence-electron chi connectivity index (χ0n) is 7.55. The van der Waals surface area contributed by atoms with Crippen LogP contribution in [-0.4, -0.2) is 21.1 Å². The average Bonchev–Trinajstić information content (AvgIpc) is 2.20. The highest BCUT2D eigenvalue weighted by Crippen LogP contribution is 2.34. The maximum atomic E-state index is 13.1. The van der Waals surface area contributed by atoms with Crippen molar-refractivity contribution in [2.24, 2.45) is 0 Å². The first-order valence-electron chi connectivity index (χ1n) is 3.89. The Morgan fingerprint density at radius 1 is 1.56 bits per heavy atom. The van der Waals surface area contributed by atoms with Crippen LogP contribution in [0.25, 0.3) is 0 Å². The normalized spacial score (nSPS) is 12.2. The van der Waals surface area contributed by atoms with Crippen molar-refractivity contribution in [3.05, 3.63) is 38.1 Å². The SMILES string of the molecule is O=C(O)C(O)c1c([N+](=O)[O-])ccc(F)c1Br. The van der Waals surface area contributed by atoms with E-state index in [0.717, 1.165) is 12.1 Å². The van der Waals surface area contributed by atoms with E-state index in [4.69, 9.17) is 5.11 Å². The molecule has 0 aromatic heterocycles. The van der Waals surface area contributed by atoms with Crippen LogP contribution in [0.1, 0.15) is 11.7 Å². The molecule has 16 heavy (non-hydrogen) atoms. The van der Waals surface area contributed by atoms with Gasteiger partial charge in [-0.3, -0.25) is 10.1 Å². The quantitative estimate of drug-likeness (QED) is 0.651. The molecule has 0 spiro atoms. The zero-order valence-corrected chi connectivity index (χ0v) is 9.14. The molecular weight excluding hydrogens is 289 g/mol. The molecule has 86 valence electrons. The van der Waals surface area contributed by atoms with Gasteiger partial charge in [-0.1, -0.05) is 0 Å². The van der Waals surface area contributed by atoms with Crippen LogP contribution >= 0.6 is 15.9 Å². The lowest BCUT2D eigenvalue weighted by atomic mass is 10.1. The van der Waals surface area contributed by atoms with Crippen molar-refractivity contribution in [3.63, 3.8) is 0 Å². The van der Waals surface area contributed by atoms with Gasteiger partial charge in [0.25, 0.3) is 5.69 Å². The highest BCUT2D eigenvalue weighted by molar-refractivity contribution is 9.10. The van der Waals surface area contributed by atoms with Gasteiger partial charge in [-0.05, 0) is 22.0 Å². The van der Waals surface area contributed by atoms with E-state index in [1.54, 1.807) is 0 Å². The molecule has 0 aliphatic heterocycles. The number of aliphatic hydroxyl groups is 1. The molecule has 0 saturated carbocycles. The van der Waals surface area contributed by atoms with E-state index in [2.05, 4.69) is 15.9 Å². The van der Waals surface area contributed by atoms with E-state index in [1.807, 2.05) is 0 Å². The van der Waals surface area contributed by atoms with Gasteiger partial charge in [-0.25, -0.2) is 9.18 Å². The molecule has 1 rings (SSSR count). The molecule has 1 aromatic rings. The first kappa shape index (κ1) is 12.5. The molecule has 0 bridgehead atoms. The number of nitrogens with zero attached hydrogens (tertiary/aromatic N) is 1. The van der Waals surface area contributed by atoms with E-state index in [1.165, 1.54) is 0 Å². The first-order chi connectivity index (χ1) is 7.36. The number of hydrogen-bond donors (Lipinski definition) is 2. The number of halogens is 2. The highest BCUT2D eigenvalue weighted by atomic mass is 79.9. The number of carbonyl (C=O) groups is 1. The van der Waals surface area contributed by atoms with Gasteiger partial charge >= 0.3 is 5.97 Å². The third-order valence-electron chi connectivity index (χ3n) is 1.81. The fourth-order valence-electron chi connectivity index (χ4n) is 1.10. The maximum Gasteiger partial charge on any atom is 0.337 e. The molecule has 0 heterocycles. The minimum Gasteiger partial charge on any atom is -0.479 e. The molecular formula is C8H5BrFNO5. The van der Waals surface area contributed by atoms with Crippen molar-refractivity contribution in [2.45, 2.75) is 6.10 Å². The van der Waals surface area contributed by atoms with Crippen molar-refractivity contribution in [2.75, 3.05) is 0 Å². The molecule has 8 heteroatoms. The van der Waals surface area contributed by atoms with E-state index in [-0.39, 0.29) is 0 Å². The molecule has 2 N–H and O–H groups in total. The number of nitro benzene ring substituents is 1. The summed E-state index contributed by atoms with van der Waals surface area (Å²) in [6.45, 7) is 0. The van der Waals surface area contributed by atoms with Crippen molar-refractivity contribution in [1.29, 1.82) is 0 Å². The monoisotopic (exact) mass is 293 g/mol. The smallest absolute Gasteiger partial charge is 0.337 e. The van der Waals surface area contributed by atoms with Gasteiger partial charge in [0.1, 0.15) is 5.82 Å². The lowest BCUT2D eigenvalue weighted by Gasteiger charge is -2.09. The third kappa shape index (κ3) is 2.17. The van der Waals surface area contributed by atoms with Crippen LogP contribution in [0.3, 0.4) is 0 Å². The fraction of sp³-hybridized carbons (Fsp3) is 0.125. The Bertz CT molecular complexity index is 464. The van der Waals surface area contributed by atoms with Gasteiger partial charge in [-0.15, -0.1) is 0 Å². The van der Waals surface area contributed by atoms with Gasteiger partial charge in [0.2, 0.25) is 0 Å². The minimum atomic E-state index is -2.16. The van der Waals surface area contributed by atoms with Gasteiger partial charge in [0.05, 0.1) is 15.0 Å². The second-order valence-corrected chi connectivity index (χ2v) is 3.59. The van der Waals surface area contributed by atoms with Gasteiger partial charge in [0.15, 0.2) is 6.10 Å². The van der Waals surface area contributed by atoms with Crippen molar-refractivity contribution in [1.82, 2.24) is 0 Å². The van der Waals surface area contributed by atoms with Crippen LogP contribution in [0.15, 0.2) is 16.6 Å². The standard InChI is InChI=1S/C8H5BrFNO5/c9-6-3(10)1-2-4(11(15)16)5(6)7(12)8(13)14/h1-2,7,12H,(H,13,14). The number of nitro groups is 1. The summed E-state index contributed by atoms with van der Waals surface area (Å²) < 4.78 is 12.6.